The van der Waals surface area contributed by atoms with Crippen LogP contribution < -0.4 is 0 Å². The van der Waals surface area contributed by atoms with E-state index in [1.807, 2.05) is 42.5 Å². The summed E-state index contributed by atoms with van der Waals surface area (Å²) in [7, 11) is 0. The number of aromatic amines is 1. The molecule has 1 unspecified atom stereocenters. The summed E-state index contributed by atoms with van der Waals surface area (Å²) in [5.41, 5.74) is 4.91. The van der Waals surface area contributed by atoms with Gasteiger partial charge in [0.2, 0.25) is 0 Å². The number of fused-ring (bicyclic) bond motifs is 2. The van der Waals surface area contributed by atoms with Crippen molar-refractivity contribution in [2.75, 3.05) is 0 Å². The van der Waals surface area contributed by atoms with Gasteiger partial charge in [-0.25, -0.2) is 0 Å². The van der Waals surface area contributed by atoms with Crippen molar-refractivity contribution in [3.63, 3.8) is 0 Å². The molecule has 3 heteroatoms. The van der Waals surface area contributed by atoms with Crippen LogP contribution >= 0.6 is 0 Å². The average molecular weight is 262 g/mol. The predicted molar refractivity (Wildman–Crippen MR) is 81.0 cm³/mol. The van der Waals surface area contributed by atoms with Gasteiger partial charge < -0.3 is 10.1 Å². The molecule has 4 rings (SSSR count). The second kappa shape index (κ2) is 3.97. The zero-order chi connectivity index (χ0) is 13.7. The summed E-state index contributed by atoms with van der Waals surface area (Å²) < 4.78 is 0. The number of nitrogens with zero attached hydrogens (tertiary/aromatic N) is 1. The molecule has 1 aliphatic rings. The Morgan fingerprint density at radius 2 is 1.80 bits per heavy atom. The van der Waals surface area contributed by atoms with Crippen molar-refractivity contribution < 1.29 is 5.11 Å². The summed E-state index contributed by atoms with van der Waals surface area (Å²) >= 11 is 0. The van der Waals surface area contributed by atoms with Gasteiger partial charge in [-0.15, -0.1) is 0 Å². The van der Waals surface area contributed by atoms with E-state index in [0.29, 0.717) is 0 Å². The number of aromatic nitrogens is 1. The Labute approximate surface area is 116 Å². The number of para-hydroxylation sites is 2. The largest absolute Gasteiger partial charge is 0.494 e. The van der Waals surface area contributed by atoms with Crippen LogP contribution in [0.25, 0.3) is 10.9 Å². The maximum atomic E-state index is 10.3. The Morgan fingerprint density at radius 1 is 1.05 bits per heavy atom. The fourth-order valence-corrected chi connectivity index (χ4v) is 2.99. The Kier molecular flexibility index (Phi) is 2.24. The summed E-state index contributed by atoms with van der Waals surface area (Å²) in [6.07, 6.45) is 0. The molecule has 0 aliphatic carbocycles. The van der Waals surface area contributed by atoms with E-state index >= 15 is 0 Å². The van der Waals surface area contributed by atoms with Crippen LogP contribution in [-0.2, 0) is 0 Å². The molecule has 2 heterocycles. The molecule has 0 saturated heterocycles. The molecule has 2 N–H and O–H groups in total. The predicted octanol–water partition coefficient (Wildman–Crippen LogP) is 4.11. The molecule has 0 spiro atoms. The van der Waals surface area contributed by atoms with Crippen LogP contribution in [0.3, 0.4) is 0 Å². The second-order valence-electron chi connectivity index (χ2n) is 5.17. The van der Waals surface area contributed by atoms with Crippen LogP contribution in [0, 0.1) is 0 Å². The Hall–Kier alpha value is -2.55. The minimum Gasteiger partial charge on any atom is -0.494 e. The summed E-state index contributed by atoms with van der Waals surface area (Å²) in [5, 5.41) is 11.3. The third kappa shape index (κ3) is 1.43. The van der Waals surface area contributed by atoms with Crippen LogP contribution in [0.5, 0.6) is 5.88 Å². The molecule has 1 aliphatic heterocycles. The van der Waals surface area contributed by atoms with Gasteiger partial charge in [-0.3, -0.25) is 4.99 Å². The van der Waals surface area contributed by atoms with Gasteiger partial charge in [0.25, 0.3) is 0 Å². The maximum absolute atomic E-state index is 10.3. The highest BCUT2D eigenvalue weighted by Gasteiger charge is 2.28. The van der Waals surface area contributed by atoms with Gasteiger partial charge in [0, 0.05) is 16.8 Å². The minimum absolute atomic E-state index is 0.191. The fraction of sp³-hybridized carbons (Fsp3) is 0.118. The van der Waals surface area contributed by atoms with Gasteiger partial charge >= 0.3 is 0 Å². The zero-order valence-electron chi connectivity index (χ0n) is 11.1. The van der Waals surface area contributed by atoms with Crippen molar-refractivity contribution >= 4 is 22.3 Å². The van der Waals surface area contributed by atoms with Gasteiger partial charge in [0.05, 0.1) is 17.0 Å². The third-order valence-electron chi connectivity index (χ3n) is 4.00. The first-order valence-corrected chi connectivity index (χ1v) is 6.73. The molecule has 0 fully saturated rings. The van der Waals surface area contributed by atoms with E-state index in [0.717, 1.165) is 27.9 Å². The van der Waals surface area contributed by atoms with Gasteiger partial charge in [-0.2, -0.15) is 0 Å². The normalized spacial score (nSPS) is 17.2. The van der Waals surface area contributed by atoms with E-state index in [1.54, 1.807) is 0 Å². The highest BCUT2D eigenvalue weighted by Crippen LogP contribution is 2.41. The number of benzene rings is 2. The lowest BCUT2D eigenvalue weighted by atomic mass is 9.93. The van der Waals surface area contributed by atoms with E-state index in [-0.39, 0.29) is 11.8 Å². The van der Waals surface area contributed by atoms with Crippen LogP contribution in [0.4, 0.5) is 5.69 Å². The molecule has 0 radical (unpaired) electrons. The molecule has 2 aromatic carbocycles. The highest BCUT2D eigenvalue weighted by molar-refractivity contribution is 6.18. The molecule has 3 nitrogen and oxygen atoms in total. The number of aromatic hydroxyl groups is 1. The number of aliphatic imine (C=N–C) groups is 1. The van der Waals surface area contributed by atoms with Crippen LogP contribution in [0.1, 0.15) is 24.0 Å². The van der Waals surface area contributed by atoms with Crippen molar-refractivity contribution in [3.05, 3.63) is 59.7 Å². The molecule has 1 aromatic heterocycles. The molecule has 3 aromatic rings. The Morgan fingerprint density at radius 3 is 2.65 bits per heavy atom. The van der Waals surface area contributed by atoms with E-state index in [9.17, 15) is 5.11 Å². The van der Waals surface area contributed by atoms with Crippen molar-refractivity contribution in [1.29, 1.82) is 0 Å². The third-order valence-corrected chi connectivity index (χ3v) is 4.00. The van der Waals surface area contributed by atoms with Crippen molar-refractivity contribution in [2.45, 2.75) is 12.8 Å². The molecule has 20 heavy (non-hydrogen) atoms. The van der Waals surface area contributed by atoms with Crippen LogP contribution in [0.15, 0.2) is 53.5 Å². The molecular weight excluding hydrogens is 248 g/mol. The number of H-pyrrole nitrogens is 1. The van der Waals surface area contributed by atoms with Crippen molar-refractivity contribution in [1.82, 2.24) is 4.98 Å². The standard InChI is InChI=1S/C17H14N2O/c1-10-11-6-2-4-8-13(11)18-16(10)15-12-7-3-5-9-14(12)19-17(15)20/h2-10,19-20H,1H3. The fourth-order valence-electron chi connectivity index (χ4n) is 2.99. The smallest absolute Gasteiger partial charge is 0.198 e. The summed E-state index contributed by atoms with van der Waals surface area (Å²) in [5.74, 6) is 0.390. The number of hydrogen-bond acceptors (Lipinski definition) is 2. The maximum Gasteiger partial charge on any atom is 0.198 e. The molecule has 0 amide bonds. The van der Waals surface area contributed by atoms with Gasteiger partial charge in [0.15, 0.2) is 5.88 Å². The van der Waals surface area contributed by atoms with Gasteiger partial charge in [-0.05, 0) is 17.7 Å². The zero-order valence-corrected chi connectivity index (χ0v) is 11.1. The van der Waals surface area contributed by atoms with E-state index in [2.05, 4.69) is 18.0 Å². The number of nitrogens with one attached hydrogen (secondary N) is 1. The lowest BCUT2D eigenvalue weighted by Crippen LogP contribution is -2.05. The topological polar surface area (TPSA) is 48.4 Å². The van der Waals surface area contributed by atoms with E-state index in [1.165, 1.54) is 5.56 Å². The first-order valence-electron chi connectivity index (χ1n) is 6.73. The first-order chi connectivity index (χ1) is 9.75. The Bertz CT molecular complexity index is 845. The Balaban J connectivity index is 1.96. The molecular formula is C17H14N2O. The van der Waals surface area contributed by atoms with Gasteiger partial charge in [0.1, 0.15) is 0 Å². The quantitative estimate of drug-likeness (QED) is 0.681. The average Bonchev–Trinajstić information content (AvgIpc) is 2.96. The summed E-state index contributed by atoms with van der Waals surface area (Å²) in [4.78, 5) is 7.75. The van der Waals surface area contributed by atoms with Gasteiger partial charge in [-0.1, -0.05) is 43.3 Å². The van der Waals surface area contributed by atoms with Crippen LogP contribution in [-0.4, -0.2) is 15.8 Å². The summed E-state index contributed by atoms with van der Waals surface area (Å²) in [6, 6.07) is 16.1. The first kappa shape index (κ1) is 11.3. The highest BCUT2D eigenvalue weighted by atomic mass is 16.3. The van der Waals surface area contributed by atoms with E-state index < -0.39 is 0 Å². The minimum atomic E-state index is 0.191. The molecule has 1 atom stereocenters. The van der Waals surface area contributed by atoms with Crippen molar-refractivity contribution in [2.24, 2.45) is 4.99 Å². The van der Waals surface area contributed by atoms with E-state index in [4.69, 9.17) is 4.99 Å². The lowest BCUT2D eigenvalue weighted by molar-refractivity contribution is 0.457. The summed E-state index contributed by atoms with van der Waals surface area (Å²) in [6.45, 7) is 2.13. The lowest BCUT2D eigenvalue weighted by Gasteiger charge is -2.08. The molecule has 0 bridgehead atoms. The molecule has 0 saturated carbocycles. The monoisotopic (exact) mass is 262 g/mol. The van der Waals surface area contributed by atoms with Crippen LogP contribution in [0.2, 0.25) is 0 Å². The number of rotatable bonds is 1. The SMILES string of the molecule is CC1C(c2c(O)[nH]c3ccccc23)=Nc2ccccc21. The second-order valence-corrected chi connectivity index (χ2v) is 5.17. The van der Waals surface area contributed by atoms with Crippen molar-refractivity contribution in [3.8, 4) is 5.88 Å². The molecule has 98 valence electrons. The number of hydrogen-bond donors (Lipinski definition) is 2.